The van der Waals surface area contributed by atoms with Gasteiger partial charge in [-0.15, -0.1) is 0 Å². The molecule has 0 spiro atoms. The monoisotopic (exact) mass is 358 g/mol. The number of rotatable bonds is 9. The molecule has 0 aliphatic carbocycles. The summed E-state index contributed by atoms with van der Waals surface area (Å²) in [4.78, 5) is 11.4. The first-order chi connectivity index (χ1) is 12.2. The van der Waals surface area contributed by atoms with E-state index in [0.29, 0.717) is 6.61 Å². The maximum absolute atomic E-state index is 11.4. The average molecular weight is 359 g/mol. The van der Waals surface area contributed by atoms with Gasteiger partial charge in [-0.1, -0.05) is 98.8 Å². The van der Waals surface area contributed by atoms with Crippen molar-refractivity contribution in [2.24, 2.45) is 5.92 Å². The van der Waals surface area contributed by atoms with Gasteiger partial charge in [-0.2, -0.15) is 0 Å². The van der Waals surface area contributed by atoms with Crippen LogP contribution < -0.4 is 5.19 Å². The van der Waals surface area contributed by atoms with Crippen LogP contribution in [0.3, 0.4) is 0 Å². The van der Waals surface area contributed by atoms with Crippen LogP contribution in [0.15, 0.2) is 42.5 Å². The Bertz CT molecular complexity index is 530. The van der Waals surface area contributed by atoms with Crippen molar-refractivity contribution < 1.29 is 9.53 Å². The number of esters is 1. The summed E-state index contributed by atoms with van der Waals surface area (Å²) in [6.07, 6.45) is 11.4. The highest BCUT2D eigenvalue weighted by Gasteiger charge is 2.37. The van der Waals surface area contributed by atoms with Gasteiger partial charge in [0.05, 0.1) is 14.7 Å². The lowest BCUT2D eigenvalue weighted by atomic mass is 9.98. The number of hydrogen-bond acceptors (Lipinski definition) is 2. The minimum Gasteiger partial charge on any atom is -0.463 e. The summed E-state index contributed by atoms with van der Waals surface area (Å²) in [6.45, 7) is 4.60. The number of ether oxygens (including phenoxy) is 1. The van der Waals surface area contributed by atoms with Crippen molar-refractivity contribution in [3.8, 4) is 0 Å². The molecule has 1 aliphatic heterocycles. The molecule has 0 atom stereocenters. The molecule has 0 N–H and O–H groups in total. The highest BCUT2D eigenvalue weighted by molar-refractivity contribution is 6.92. The number of benzene rings is 1. The predicted molar refractivity (Wildman–Crippen MR) is 109 cm³/mol. The van der Waals surface area contributed by atoms with Gasteiger partial charge in [-0.05, 0) is 19.3 Å². The largest absolute Gasteiger partial charge is 0.463 e. The molecule has 1 fully saturated rings. The Morgan fingerprint density at radius 3 is 2.52 bits per heavy atom. The average Bonchev–Trinajstić information content (AvgIpc) is 2.64. The fourth-order valence-corrected chi connectivity index (χ4v) is 9.57. The fraction of sp³-hybridized carbons (Fsp3) is 0.591. The van der Waals surface area contributed by atoms with Crippen LogP contribution in [0, 0.1) is 5.92 Å². The second-order valence-corrected chi connectivity index (χ2v) is 12.1. The Balaban J connectivity index is 1.93. The third-order valence-corrected chi connectivity index (χ3v) is 11.1. The predicted octanol–water partition coefficient (Wildman–Crippen LogP) is 5.45. The molecule has 0 saturated carbocycles. The van der Waals surface area contributed by atoms with Crippen LogP contribution in [0.4, 0.5) is 0 Å². The van der Waals surface area contributed by atoms with E-state index in [-0.39, 0.29) is 5.97 Å². The Kier molecular flexibility index (Phi) is 8.46. The van der Waals surface area contributed by atoms with Crippen LogP contribution in [0.1, 0.15) is 52.4 Å². The van der Waals surface area contributed by atoms with Crippen molar-refractivity contribution in [2.45, 2.75) is 70.5 Å². The van der Waals surface area contributed by atoms with Crippen LogP contribution in [0.5, 0.6) is 0 Å². The third-order valence-electron chi connectivity index (χ3n) is 5.72. The summed E-state index contributed by atoms with van der Waals surface area (Å²) in [5, 5.41) is 1.67. The van der Waals surface area contributed by atoms with E-state index in [0.717, 1.165) is 12.3 Å². The molecule has 25 heavy (non-hydrogen) atoms. The summed E-state index contributed by atoms with van der Waals surface area (Å²) in [5.74, 6) is 0.534. The molecule has 1 saturated heterocycles. The first-order valence-electron chi connectivity index (χ1n) is 10.1. The van der Waals surface area contributed by atoms with E-state index >= 15 is 0 Å². The number of allylic oxidation sites excluding steroid dienone is 1. The topological polar surface area (TPSA) is 26.3 Å². The van der Waals surface area contributed by atoms with Crippen LogP contribution in [-0.4, -0.2) is 20.7 Å². The minimum absolute atomic E-state index is 0.203. The molecule has 3 heteroatoms. The number of carbonyl (C=O) groups excluding carboxylic acids is 1. The Morgan fingerprint density at radius 1 is 1.16 bits per heavy atom. The van der Waals surface area contributed by atoms with Gasteiger partial charge in [0.15, 0.2) is 0 Å². The molecule has 0 unspecified atom stereocenters. The number of unbranched alkanes of at least 4 members (excludes halogenated alkanes) is 2. The Labute approximate surface area is 154 Å². The lowest BCUT2D eigenvalue weighted by molar-refractivity contribution is -0.137. The SMILES string of the molecule is CCCCC[Si]1(c2ccccc2)CCC(CC=CC(=O)OCC)CC1. The van der Waals surface area contributed by atoms with E-state index in [9.17, 15) is 4.79 Å². The zero-order chi connectivity index (χ0) is 18.0. The molecule has 1 heterocycles. The van der Waals surface area contributed by atoms with Crippen molar-refractivity contribution in [1.29, 1.82) is 0 Å². The molecule has 2 nitrogen and oxygen atoms in total. The maximum atomic E-state index is 11.4. The standard InChI is InChI=1S/C22H34O2Si/c1-3-5-9-17-25(21-12-7-6-8-13-21)18-15-20(16-19-25)11-10-14-22(23)24-4-2/h6-8,10,12-14,20H,3-5,9,11,15-19H2,1-2H3. The zero-order valence-electron chi connectivity index (χ0n) is 16.0. The normalized spacial score (nSPS) is 23.7. The van der Waals surface area contributed by atoms with E-state index in [1.54, 1.807) is 11.3 Å². The van der Waals surface area contributed by atoms with Crippen molar-refractivity contribution in [3.05, 3.63) is 42.5 Å². The highest BCUT2D eigenvalue weighted by Crippen LogP contribution is 2.37. The third kappa shape index (κ3) is 6.14. The zero-order valence-corrected chi connectivity index (χ0v) is 17.0. The molecule has 2 rings (SSSR count). The molecule has 0 aromatic heterocycles. The van der Waals surface area contributed by atoms with Gasteiger partial charge < -0.3 is 4.74 Å². The first-order valence-corrected chi connectivity index (χ1v) is 12.7. The van der Waals surface area contributed by atoms with E-state index in [1.165, 1.54) is 50.2 Å². The highest BCUT2D eigenvalue weighted by atomic mass is 28.3. The minimum atomic E-state index is -1.33. The molecule has 0 bridgehead atoms. The van der Waals surface area contributed by atoms with Crippen LogP contribution >= 0.6 is 0 Å². The van der Waals surface area contributed by atoms with Gasteiger partial charge in [-0.25, -0.2) is 4.79 Å². The van der Waals surface area contributed by atoms with Gasteiger partial charge in [0.25, 0.3) is 0 Å². The van der Waals surface area contributed by atoms with Crippen LogP contribution in [0.25, 0.3) is 0 Å². The van der Waals surface area contributed by atoms with Crippen molar-refractivity contribution in [2.75, 3.05) is 6.61 Å². The quantitative estimate of drug-likeness (QED) is 0.254. The molecule has 0 amide bonds. The smallest absolute Gasteiger partial charge is 0.330 e. The summed E-state index contributed by atoms with van der Waals surface area (Å²) in [7, 11) is -1.33. The second-order valence-electron chi connectivity index (χ2n) is 7.44. The summed E-state index contributed by atoms with van der Waals surface area (Å²) in [5.41, 5.74) is 0. The van der Waals surface area contributed by atoms with Gasteiger partial charge >= 0.3 is 5.97 Å². The number of carbonyl (C=O) groups is 1. The molecule has 1 aromatic carbocycles. The van der Waals surface area contributed by atoms with E-state index in [4.69, 9.17) is 4.74 Å². The molecule has 138 valence electrons. The summed E-state index contributed by atoms with van der Waals surface area (Å²) < 4.78 is 4.96. The molecule has 0 radical (unpaired) electrons. The van der Waals surface area contributed by atoms with Crippen molar-refractivity contribution in [1.82, 2.24) is 0 Å². The first kappa shape index (κ1) is 20.0. The van der Waals surface area contributed by atoms with Crippen LogP contribution in [0.2, 0.25) is 18.1 Å². The molecule has 1 aliphatic rings. The fourth-order valence-electron chi connectivity index (χ4n) is 4.20. The van der Waals surface area contributed by atoms with Crippen molar-refractivity contribution in [3.63, 3.8) is 0 Å². The van der Waals surface area contributed by atoms with Gasteiger partial charge in [0.2, 0.25) is 0 Å². The Hall–Kier alpha value is -1.35. The van der Waals surface area contributed by atoms with E-state index < -0.39 is 8.07 Å². The summed E-state index contributed by atoms with van der Waals surface area (Å²) >= 11 is 0. The lowest BCUT2D eigenvalue weighted by Gasteiger charge is -2.39. The molecule has 1 aromatic rings. The number of hydrogen-bond donors (Lipinski definition) is 0. The van der Waals surface area contributed by atoms with E-state index in [2.05, 4.69) is 37.3 Å². The summed E-state index contributed by atoms with van der Waals surface area (Å²) in [6, 6.07) is 15.6. The Morgan fingerprint density at radius 2 is 1.88 bits per heavy atom. The van der Waals surface area contributed by atoms with Crippen LogP contribution in [-0.2, 0) is 9.53 Å². The van der Waals surface area contributed by atoms with Gasteiger partial charge in [-0.3, -0.25) is 0 Å². The van der Waals surface area contributed by atoms with E-state index in [1.807, 2.05) is 13.0 Å². The van der Waals surface area contributed by atoms with Crippen molar-refractivity contribution >= 4 is 19.2 Å². The molecular weight excluding hydrogens is 324 g/mol. The molecular formula is C22H34O2Si. The lowest BCUT2D eigenvalue weighted by Crippen LogP contribution is -2.49. The van der Waals surface area contributed by atoms with Gasteiger partial charge in [0, 0.05) is 6.08 Å². The second kappa shape index (κ2) is 10.6. The maximum Gasteiger partial charge on any atom is 0.330 e. The van der Waals surface area contributed by atoms with Gasteiger partial charge in [0.1, 0.15) is 0 Å².